The van der Waals surface area contributed by atoms with Crippen LogP contribution in [0.15, 0.2) is 42.7 Å². The standard InChI is InChI=1S/C26H33N5O/c1-18-11-15-30(16-12-18)25(32)20-6-8-21(9-7-20)28-26-27-14-10-24(29-26)31-17-13-22-19(2)4-3-5-23(22)31/h3-5,10,13-14,17-18,20-21H,6-9,11-12,15-16H2,1-2H3,(H,27,28,29). The Bertz CT molecular complexity index is 1090. The molecule has 2 aromatic heterocycles. The van der Waals surface area contributed by atoms with Gasteiger partial charge in [-0.15, -0.1) is 0 Å². The third kappa shape index (κ3) is 4.23. The highest BCUT2D eigenvalue weighted by Crippen LogP contribution is 2.29. The molecule has 1 saturated carbocycles. The molecule has 0 radical (unpaired) electrons. The van der Waals surface area contributed by atoms with Gasteiger partial charge in [-0.25, -0.2) is 4.98 Å². The van der Waals surface area contributed by atoms with Crippen LogP contribution in [0.1, 0.15) is 51.0 Å². The van der Waals surface area contributed by atoms with Crippen LogP contribution in [-0.2, 0) is 4.79 Å². The minimum Gasteiger partial charge on any atom is -0.351 e. The van der Waals surface area contributed by atoms with Crippen LogP contribution in [0.2, 0.25) is 0 Å². The summed E-state index contributed by atoms with van der Waals surface area (Å²) < 4.78 is 2.12. The van der Waals surface area contributed by atoms with Crippen LogP contribution in [-0.4, -0.2) is 44.5 Å². The average Bonchev–Trinajstić information content (AvgIpc) is 3.25. The zero-order valence-electron chi connectivity index (χ0n) is 19.1. The highest BCUT2D eigenvalue weighted by molar-refractivity contribution is 5.84. The van der Waals surface area contributed by atoms with Crippen LogP contribution in [0.25, 0.3) is 16.7 Å². The molecule has 5 rings (SSSR count). The zero-order chi connectivity index (χ0) is 22.1. The molecule has 2 aliphatic rings. The van der Waals surface area contributed by atoms with E-state index in [0.717, 1.165) is 68.9 Å². The third-order valence-electron chi connectivity index (χ3n) is 7.34. The van der Waals surface area contributed by atoms with Gasteiger partial charge in [-0.05, 0) is 75.1 Å². The lowest BCUT2D eigenvalue weighted by molar-refractivity contribution is -0.137. The maximum Gasteiger partial charge on any atom is 0.225 e. The maximum atomic E-state index is 12.9. The lowest BCUT2D eigenvalue weighted by atomic mass is 9.84. The van der Waals surface area contributed by atoms with Crippen molar-refractivity contribution in [2.24, 2.45) is 11.8 Å². The molecule has 0 bridgehead atoms. The highest BCUT2D eigenvalue weighted by Gasteiger charge is 2.31. The first-order valence-electron chi connectivity index (χ1n) is 12.0. The number of benzene rings is 1. The zero-order valence-corrected chi connectivity index (χ0v) is 19.1. The molecule has 1 aliphatic carbocycles. The van der Waals surface area contributed by atoms with E-state index < -0.39 is 0 Å². The van der Waals surface area contributed by atoms with Crippen LogP contribution in [0, 0.1) is 18.8 Å². The van der Waals surface area contributed by atoms with Crippen molar-refractivity contribution in [3.05, 3.63) is 48.3 Å². The number of aryl methyl sites for hydroxylation is 1. The van der Waals surface area contributed by atoms with Crippen molar-refractivity contribution in [1.29, 1.82) is 0 Å². The van der Waals surface area contributed by atoms with Gasteiger partial charge in [0.25, 0.3) is 0 Å². The Labute approximate surface area is 190 Å². The van der Waals surface area contributed by atoms with Gasteiger partial charge in [0.1, 0.15) is 5.82 Å². The fraction of sp³-hybridized carbons (Fsp3) is 0.500. The third-order valence-corrected chi connectivity index (χ3v) is 7.34. The molecule has 1 aliphatic heterocycles. The quantitative estimate of drug-likeness (QED) is 0.634. The van der Waals surface area contributed by atoms with Gasteiger partial charge in [0, 0.05) is 42.8 Å². The van der Waals surface area contributed by atoms with E-state index in [2.05, 4.69) is 64.1 Å². The van der Waals surface area contributed by atoms with Gasteiger partial charge < -0.3 is 14.8 Å². The number of carbonyl (C=O) groups excluding carboxylic acids is 1. The normalized spacial score (nSPS) is 22.2. The van der Waals surface area contributed by atoms with Crippen LogP contribution >= 0.6 is 0 Å². The molecular weight excluding hydrogens is 398 g/mol. The topological polar surface area (TPSA) is 63.1 Å². The molecule has 0 spiro atoms. The Hall–Kier alpha value is -2.89. The summed E-state index contributed by atoms with van der Waals surface area (Å²) in [6.07, 6.45) is 10.0. The van der Waals surface area contributed by atoms with E-state index >= 15 is 0 Å². The SMILES string of the molecule is Cc1cccc2c1ccn2-c1ccnc(NC2CCC(C(=O)N3CCC(C)CC3)CC2)n1. The first-order valence-corrected chi connectivity index (χ1v) is 12.0. The summed E-state index contributed by atoms with van der Waals surface area (Å²) in [5.41, 5.74) is 2.42. The maximum absolute atomic E-state index is 12.9. The second kappa shape index (κ2) is 8.93. The largest absolute Gasteiger partial charge is 0.351 e. The number of aromatic nitrogens is 3. The van der Waals surface area contributed by atoms with Gasteiger partial charge in [0.2, 0.25) is 11.9 Å². The van der Waals surface area contributed by atoms with Crippen LogP contribution < -0.4 is 5.32 Å². The van der Waals surface area contributed by atoms with Crippen LogP contribution in [0.3, 0.4) is 0 Å². The van der Waals surface area contributed by atoms with Crippen molar-refractivity contribution in [1.82, 2.24) is 19.4 Å². The van der Waals surface area contributed by atoms with Gasteiger partial charge in [-0.1, -0.05) is 19.1 Å². The number of anilines is 1. The van der Waals surface area contributed by atoms with Crippen LogP contribution in [0.4, 0.5) is 5.95 Å². The fourth-order valence-electron chi connectivity index (χ4n) is 5.23. The Morgan fingerprint density at radius 2 is 1.81 bits per heavy atom. The number of fused-ring (bicyclic) bond motifs is 1. The molecule has 0 atom stereocenters. The smallest absolute Gasteiger partial charge is 0.225 e. The molecule has 32 heavy (non-hydrogen) atoms. The minimum atomic E-state index is 0.184. The highest BCUT2D eigenvalue weighted by atomic mass is 16.2. The molecule has 168 valence electrons. The van der Waals surface area contributed by atoms with E-state index in [1.54, 1.807) is 0 Å². The molecule has 2 fully saturated rings. The van der Waals surface area contributed by atoms with Gasteiger partial charge in [0.05, 0.1) is 5.52 Å². The number of hydrogen-bond acceptors (Lipinski definition) is 4. The summed E-state index contributed by atoms with van der Waals surface area (Å²) in [6.45, 7) is 6.29. The Morgan fingerprint density at radius 3 is 2.59 bits per heavy atom. The van der Waals surface area contributed by atoms with Crippen LogP contribution in [0.5, 0.6) is 0 Å². The number of likely N-dealkylation sites (tertiary alicyclic amines) is 1. The second-order valence-electron chi connectivity index (χ2n) is 9.63. The van der Waals surface area contributed by atoms with Crippen molar-refractivity contribution < 1.29 is 4.79 Å². The van der Waals surface area contributed by atoms with Crippen molar-refractivity contribution in [3.63, 3.8) is 0 Å². The summed E-state index contributed by atoms with van der Waals surface area (Å²) in [5.74, 6) is 2.85. The first kappa shape index (κ1) is 21.0. The number of nitrogens with one attached hydrogen (secondary N) is 1. The molecule has 1 amide bonds. The summed E-state index contributed by atoms with van der Waals surface area (Å²) in [7, 11) is 0. The molecule has 0 unspecified atom stereocenters. The average molecular weight is 432 g/mol. The van der Waals surface area contributed by atoms with E-state index in [-0.39, 0.29) is 5.92 Å². The monoisotopic (exact) mass is 431 g/mol. The number of hydrogen-bond donors (Lipinski definition) is 1. The van der Waals surface area contributed by atoms with Crippen molar-refractivity contribution in [2.45, 2.75) is 58.4 Å². The summed E-state index contributed by atoms with van der Waals surface area (Å²) in [4.78, 5) is 24.3. The Balaban J connectivity index is 1.21. The number of piperidine rings is 1. The van der Waals surface area contributed by atoms with Crippen molar-refractivity contribution in [2.75, 3.05) is 18.4 Å². The Kier molecular flexibility index (Phi) is 5.85. The first-order chi connectivity index (χ1) is 15.6. The molecule has 6 heteroatoms. The van der Waals surface area contributed by atoms with Gasteiger partial charge >= 0.3 is 0 Å². The van der Waals surface area contributed by atoms with Crippen molar-refractivity contribution in [3.8, 4) is 5.82 Å². The molecule has 1 N–H and O–H groups in total. The predicted octanol–water partition coefficient (Wildman–Crippen LogP) is 4.96. The number of carbonyl (C=O) groups is 1. The van der Waals surface area contributed by atoms with E-state index in [1.807, 2.05) is 12.3 Å². The number of rotatable bonds is 4. The van der Waals surface area contributed by atoms with E-state index in [9.17, 15) is 4.79 Å². The molecule has 6 nitrogen and oxygen atoms in total. The van der Waals surface area contributed by atoms with E-state index in [4.69, 9.17) is 4.98 Å². The van der Waals surface area contributed by atoms with Gasteiger partial charge in [-0.2, -0.15) is 4.98 Å². The summed E-state index contributed by atoms with van der Waals surface area (Å²) in [6, 6.07) is 10.7. The molecular formula is C26H33N5O. The number of amides is 1. The lowest BCUT2D eigenvalue weighted by Gasteiger charge is -2.35. The summed E-state index contributed by atoms with van der Waals surface area (Å²) in [5, 5.41) is 4.77. The molecule has 3 aromatic rings. The molecule has 1 aromatic carbocycles. The molecule has 1 saturated heterocycles. The number of nitrogens with zero attached hydrogens (tertiary/aromatic N) is 4. The van der Waals surface area contributed by atoms with Gasteiger partial charge in [-0.3, -0.25) is 4.79 Å². The minimum absolute atomic E-state index is 0.184. The molecule has 3 heterocycles. The fourth-order valence-corrected chi connectivity index (χ4v) is 5.23. The lowest BCUT2D eigenvalue weighted by Crippen LogP contribution is -2.43. The van der Waals surface area contributed by atoms with Crippen molar-refractivity contribution >= 4 is 22.8 Å². The van der Waals surface area contributed by atoms with Gasteiger partial charge in [0.15, 0.2) is 0 Å². The summed E-state index contributed by atoms with van der Waals surface area (Å²) >= 11 is 0. The second-order valence-corrected chi connectivity index (χ2v) is 9.63. The van der Waals surface area contributed by atoms with E-state index in [0.29, 0.717) is 17.9 Å². The predicted molar refractivity (Wildman–Crippen MR) is 128 cm³/mol. The van der Waals surface area contributed by atoms with E-state index in [1.165, 1.54) is 10.9 Å². The Morgan fingerprint density at radius 1 is 1.03 bits per heavy atom.